The van der Waals surface area contributed by atoms with Crippen molar-refractivity contribution in [2.24, 2.45) is 0 Å². The summed E-state index contributed by atoms with van der Waals surface area (Å²) >= 11 is 0. The topological polar surface area (TPSA) is 122 Å². The van der Waals surface area contributed by atoms with E-state index in [0.717, 1.165) is 11.8 Å². The molecular formula is C20H19N3O6S. The minimum Gasteiger partial charge on any atom is -0.497 e. The summed E-state index contributed by atoms with van der Waals surface area (Å²) in [4.78, 5) is 39.3. The lowest BCUT2D eigenvalue weighted by molar-refractivity contribution is -0.124. The Hall–Kier alpha value is -3.40. The highest BCUT2D eigenvalue weighted by molar-refractivity contribution is 7.90. The van der Waals surface area contributed by atoms with E-state index in [1.807, 2.05) is 0 Å². The predicted octanol–water partition coefficient (Wildman–Crippen LogP) is 0.789. The minimum absolute atomic E-state index is 0.0860. The smallest absolute Gasteiger partial charge is 0.322 e. The number of methoxy groups -OCH3 is 1. The molecule has 2 aliphatic heterocycles. The Morgan fingerprint density at radius 2 is 1.80 bits per heavy atom. The van der Waals surface area contributed by atoms with Crippen LogP contribution in [0.2, 0.25) is 0 Å². The maximum Gasteiger partial charge on any atom is 0.322 e. The normalized spacial score (nSPS) is 20.7. The van der Waals surface area contributed by atoms with E-state index in [1.54, 1.807) is 18.2 Å². The zero-order valence-electron chi connectivity index (χ0n) is 16.3. The molecule has 1 unspecified atom stereocenters. The number of hydrogen-bond donors (Lipinski definition) is 2. The first-order chi connectivity index (χ1) is 14.1. The number of ether oxygens (including phenoxy) is 1. The summed E-state index contributed by atoms with van der Waals surface area (Å²) in [7, 11) is -1.92. The molecule has 1 fully saturated rings. The number of amides is 4. The van der Waals surface area contributed by atoms with Crippen LogP contribution in [0.4, 0.5) is 4.79 Å². The molecule has 2 aliphatic rings. The molecule has 0 bridgehead atoms. The highest BCUT2D eigenvalue weighted by Gasteiger charge is 2.50. The summed E-state index contributed by atoms with van der Waals surface area (Å²) in [5.41, 5.74) is 0.101. The number of carbonyl (C=O) groups excluding carboxylic acids is 3. The molecule has 156 valence electrons. The molecule has 0 saturated carbocycles. The molecule has 4 rings (SSSR count). The van der Waals surface area contributed by atoms with Gasteiger partial charge in [0, 0.05) is 18.4 Å². The maximum absolute atomic E-state index is 12.9. The molecule has 1 saturated heterocycles. The van der Waals surface area contributed by atoms with Crippen LogP contribution in [-0.4, -0.2) is 51.1 Å². The lowest BCUT2D eigenvalue weighted by atomic mass is 9.89. The number of nitrogens with one attached hydrogen (secondary N) is 2. The van der Waals surface area contributed by atoms with Crippen molar-refractivity contribution in [2.45, 2.75) is 17.0 Å². The van der Waals surface area contributed by atoms with E-state index < -0.39 is 27.3 Å². The number of sulfone groups is 1. The summed E-state index contributed by atoms with van der Waals surface area (Å²) in [6.45, 7) is 0.156. The van der Waals surface area contributed by atoms with Crippen LogP contribution in [0, 0.1) is 0 Å². The molecule has 0 radical (unpaired) electrons. The Morgan fingerprint density at radius 3 is 2.37 bits per heavy atom. The molecule has 2 aromatic rings. The number of fused-ring (bicyclic) bond motifs is 1. The van der Waals surface area contributed by atoms with Gasteiger partial charge < -0.3 is 15.0 Å². The van der Waals surface area contributed by atoms with E-state index in [1.165, 1.54) is 36.3 Å². The Balaban J connectivity index is 1.70. The number of hydrogen-bond acceptors (Lipinski definition) is 6. The fourth-order valence-corrected chi connectivity index (χ4v) is 4.40. The van der Waals surface area contributed by atoms with Crippen LogP contribution >= 0.6 is 0 Å². The van der Waals surface area contributed by atoms with Crippen molar-refractivity contribution in [3.63, 3.8) is 0 Å². The zero-order valence-corrected chi connectivity index (χ0v) is 17.1. The third kappa shape index (κ3) is 3.18. The van der Waals surface area contributed by atoms with Gasteiger partial charge in [-0.3, -0.25) is 14.9 Å². The Labute approximate surface area is 172 Å². The SMILES string of the molecule is COc1ccc2c(c1)C(=O)N(CC1(c3ccc(S(C)(=O)=O)cc3)NC(=O)NC1=O)C2. The van der Waals surface area contributed by atoms with E-state index in [2.05, 4.69) is 10.6 Å². The van der Waals surface area contributed by atoms with E-state index >= 15 is 0 Å². The van der Waals surface area contributed by atoms with Crippen LogP contribution in [0.5, 0.6) is 5.75 Å². The first kappa shape index (κ1) is 19.9. The molecular weight excluding hydrogens is 410 g/mol. The third-order valence-corrected chi connectivity index (χ3v) is 6.47. The van der Waals surface area contributed by atoms with Crippen molar-refractivity contribution in [1.82, 2.24) is 15.5 Å². The molecule has 9 nitrogen and oxygen atoms in total. The van der Waals surface area contributed by atoms with Gasteiger partial charge in [-0.1, -0.05) is 18.2 Å². The lowest BCUT2D eigenvalue weighted by Crippen LogP contribution is -2.52. The van der Waals surface area contributed by atoms with Gasteiger partial charge in [-0.2, -0.15) is 0 Å². The second kappa shape index (κ2) is 6.84. The number of rotatable bonds is 5. The van der Waals surface area contributed by atoms with Crippen molar-refractivity contribution >= 4 is 27.7 Å². The van der Waals surface area contributed by atoms with Gasteiger partial charge in [0.25, 0.3) is 11.8 Å². The first-order valence-corrected chi connectivity index (χ1v) is 10.9. The summed E-state index contributed by atoms with van der Waals surface area (Å²) in [6.07, 6.45) is 1.08. The van der Waals surface area contributed by atoms with E-state index in [4.69, 9.17) is 4.74 Å². The molecule has 2 aromatic carbocycles. The Bertz CT molecular complexity index is 1180. The van der Waals surface area contributed by atoms with Crippen molar-refractivity contribution in [3.8, 4) is 5.75 Å². The van der Waals surface area contributed by atoms with Crippen LogP contribution in [-0.2, 0) is 26.7 Å². The molecule has 0 aliphatic carbocycles. The number of imide groups is 1. The number of benzene rings is 2. The van der Waals surface area contributed by atoms with E-state index in [9.17, 15) is 22.8 Å². The molecule has 1 atom stereocenters. The van der Waals surface area contributed by atoms with Crippen LogP contribution in [0.1, 0.15) is 21.5 Å². The molecule has 30 heavy (non-hydrogen) atoms. The lowest BCUT2D eigenvalue weighted by Gasteiger charge is -2.31. The average molecular weight is 429 g/mol. The van der Waals surface area contributed by atoms with Crippen LogP contribution in [0.3, 0.4) is 0 Å². The van der Waals surface area contributed by atoms with E-state index in [0.29, 0.717) is 16.9 Å². The molecule has 10 heteroatoms. The van der Waals surface area contributed by atoms with Gasteiger partial charge in [-0.25, -0.2) is 13.2 Å². The van der Waals surface area contributed by atoms with Crippen molar-refractivity contribution in [2.75, 3.05) is 19.9 Å². The molecule has 0 aromatic heterocycles. The summed E-state index contributed by atoms with van der Waals surface area (Å²) in [5, 5.41) is 4.83. The highest BCUT2D eigenvalue weighted by atomic mass is 32.2. The third-order valence-electron chi connectivity index (χ3n) is 5.34. The minimum atomic E-state index is -3.43. The quantitative estimate of drug-likeness (QED) is 0.678. The fourth-order valence-electron chi connectivity index (χ4n) is 3.77. The van der Waals surface area contributed by atoms with Gasteiger partial charge in [0.15, 0.2) is 15.4 Å². The van der Waals surface area contributed by atoms with E-state index in [-0.39, 0.29) is 23.9 Å². The molecule has 2 N–H and O–H groups in total. The Kier molecular flexibility index (Phi) is 4.53. The number of carbonyl (C=O) groups is 3. The van der Waals surface area contributed by atoms with Gasteiger partial charge in [0.05, 0.1) is 18.6 Å². The fraction of sp³-hybridized carbons (Fsp3) is 0.250. The highest BCUT2D eigenvalue weighted by Crippen LogP contribution is 2.32. The zero-order chi connectivity index (χ0) is 21.7. The standard InChI is InChI=1S/C20H19N3O6S/c1-29-14-6-3-12-10-23(17(24)16(12)9-14)11-20(18(25)21-19(26)22-20)13-4-7-15(8-5-13)30(2,27)28/h3-9H,10-11H2,1-2H3,(H2,21,22,25,26). The molecule has 0 spiro atoms. The van der Waals surface area contributed by atoms with Crippen molar-refractivity contribution < 1.29 is 27.5 Å². The van der Waals surface area contributed by atoms with Crippen LogP contribution < -0.4 is 15.4 Å². The molecule has 4 amide bonds. The predicted molar refractivity (Wildman–Crippen MR) is 106 cm³/mol. The second-order valence-corrected chi connectivity index (χ2v) is 9.31. The first-order valence-electron chi connectivity index (χ1n) is 9.04. The number of nitrogens with zero attached hydrogens (tertiary/aromatic N) is 1. The van der Waals surface area contributed by atoms with Gasteiger partial charge in [0.1, 0.15) is 5.75 Å². The Morgan fingerprint density at radius 1 is 1.10 bits per heavy atom. The van der Waals surface area contributed by atoms with Crippen molar-refractivity contribution in [3.05, 3.63) is 59.2 Å². The van der Waals surface area contributed by atoms with Crippen LogP contribution in [0.15, 0.2) is 47.4 Å². The second-order valence-electron chi connectivity index (χ2n) is 7.29. The van der Waals surface area contributed by atoms with Gasteiger partial charge >= 0.3 is 6.03 Å². The summed E-state index contributed by atoms with van der Waals surface area (Å²) < 4.78 is 28.7. The number of urea groups is 1. The summed E-state index contributed by atoms with van der Waals surface area (Å²) in [5.74, 6) is -0.354. The van der Waals surface area contributed by atoms with Gasteiger partial charge in [-0.05, 0) is 35.4 Å². The molecule has 2 heterocycles. The largest absolute Gasteiger partial charge is 0.497 e. The van der Waals surface area contributed by atoms with Crippen LogP contribution in [0.25, 0.3) is 0 Å². The maximum atomic E-state index is 12.9. The average Bonchev–Trinajstić information content (AvgIpc) is 3.17. The summed E-state index contributed by atoms with van der Waals surface area (Å²) in [6, 6.07) is 10.2. The van der Waals surface area contributed by atoms with Crippen molar-refractivity contribution in [1.29, 1.82) is 0 Å². The monoisotopic (exact) mass is 429 g/mol. The van der Waals surface area contributed by atoms with Gasteiger partial charge in [-0.15, -0.1) is 0 Å². The van der Waals surface area contributed by atoms with Gasteiger partial charge in [0.2, 0.25) is 0 Å².